The van der Waals surface area contributed by atoms with Gasteiger partial charge in [-0.05, 0) is 37.1 Å². The van der Waals surface area contributed by atoms with E-state index in [0.717, 1.165) is 30.6 Å². The zero-order valence-electron chi connectivity index (χ0n) is 16.3. The number of methoxy groups -OCH3 is 1. The largest absolute Gasteiger partial charge is 0.474 e. The van der Waals surface area contributed by atoms with Gasteiger partial charge in [0.2, 0.25) is 11.8 Å². The lowest BCUT2D eigenvalue weighted by molar-refractivity contribution is -0.115. The van der Waals surface area contributed by atoms with Crippen LogP contribution in [0.25, 0.3) is 0 Å². The summed E-state index contributed by atoms with van der Waals surface area (Å²) >= 11 is 1.14. The fourth-order valence-corrected chi connectivity index (χ4v) is 6.03. The monoisotopic (exact) mass is 439 g/mol. The lowest BCUT2D eigenvalue weighted by Gasteiger charge is -2.25. The third-order valence-corrected chi connectivity index (χ3v) is 7.90. The van der Waals surface area contributed by atoms with E-state index in [2.05, 4.69) is 10.3 Å². The van der Waals surface area contributed by atoms with Gasteiger partial charge >= 0.3 is 0 Å². The molecule has 8 nitrogen and oxygen atoms in total. The minimum absolute atomic E-state index is 0.0760. The summed E-state index contributed by atoms with van der Waals surface area (Å²) in [5, 5.41) is 2.78. The second-order valence-corrected chi connectivity index (χ2v) is 9.94. The van der Waals surface area contributed by atoms with E-state index in [1.807, 2.05) is 0 Å². The average Bonchev–Trinajstić information content (AvgIpc) is 3.19. The highest BCUT2D eigenvalue weighted by atomic mass is 32.2. The molecule has 0 aromatic carbocycles. The van der Waals surface area contributed by atoms with Crippen LogP contribution in [0.4, 0.5) is 5.69 Å². The molecule has 0 aliphatic carbocycles. The van der Waals surface area contributed by atoms with Crippen molar-refractivity contribution in [3.63, 3.8) is 0 Å². The van der Waals surface area contributed by atoms with Crippen LogP contribution in [-0.2, 0) is 26.0 Å². The number of sulfonamides is 1. The Balaban J connectivity index is 1.62. The maximum Gasteiger partial charge on any atom is 0.252 e. The number of nitrogens with zero attached hydrogens (tertiary/aromatic N) is 2. The van der Waals surface area contributed by atoms with Gasteiger partial charge in [-0.3, -0.25) is 4.79 Å². The lowest BCUT2D eigenvalue weighted by Crippen LogP contribution is -2.35. The van der Waals surface area contributed by atoms with E-state index < -0.39 is 10.0 Å². The van der Waals surface area contributed by atoms with E-state index in [1.54, 1.807) is 37.6 Å². The van der Waals surface area contributed by atoms with E-state index in [9.17, 15) is 13.2 Å². The Kier molecular flexibility index (Phi) is 7.59. The molecule has 10 heteroatoms. The topological polar surface area (TPSA) is 97.8 Å². The zero-order valence-corrected chi connectivity index (χ0v) is 17.9. The lowest BCUT2D eigenvalue weighted by atomic mass is 10.2. The first-order valence-electron chi connectivity index (χ1n) is 9.46. The number of nitrogens with one attached hydrogen (secondary N) is 1. The molecule has 29 heavy (non-hydrogen) atoms. The molecule has 3 rings (SSSR count). The number of aromatic nitrogens is 1. The minimum atomic E-state index is -3.48. The molecule has 1 fully saturated rings. The number of anilines is 1. The van der Waals surface area contributed by atoms with Crippen LogP contribution >= 0.6 is 11.3 Å². The third-order valence-electron chi connectivity index (χ3n) is 4.45. The van der Waals surface area contributed by atoms with Crippen molar-refractivity contribution >= 4 is 33.0 Å². The molecule has 0 saturated carbocycles. The Hall–Kier alpha value is -2.01. The zero-order chi connectivity index (χ0) is 20.7. The van der Waals surface area contributed by atoms with Gasteiger partial charge in [0, 0.05) is 31.3 Å². The summed E-state index contributed by atoms with van der Waals surface area (Å²) < 4.78 is 37.8. The molecule has 0 radical (unpaired) electrons. The Labute approximate surface area is 174 Å². The Morgan fingerprint density at radius 3 is 2.76 bits per heavy atom. The van der Waals surface area contributed by atoms with Gasteiger partial charge in [0.15, 0.2) is 0 Å². The second kappa shape index (κ2) is 10.1. The van der Waals surface area contributed by atoms with Crippen LogP contribution in [0.2, 0.25) is 0 Å². The van der Waals surface area contributed by atoms with Gasteiger partial charge < -0.3 is 14.8 Å². The highest BCUT2D eigenvalue weighted by molar-refractivity contribution is 7.91. The number of pyridine rings is 1. The molecule has 3 heterocycles. The van der Waals surface area contributed by atoms with Crippen molar-refractivity contribution in [3.05, 3.63) is 35.3 Å². The molecule has 2 aromatic rings. The van der Waals surface area contributed by atoms with Gasteiger partial charge in [-0.2, -0.15) is 4.31 Å². The quantitative estimate of drug-likeness (QED) is 0.603. The highest BCUT2D eigenvalue weighted by Crippen LogP contribution is 2.28. The number of hydrogen-bond acceptors (Lipinski definition) is 7. The van der Waals surface area contributed by atoms with Crippen molar-refractivity contribution in [3.8, 4) is 5.88 Å². The van der Waals surface area contributed by atoms with E-state index in [-0.39, 0.29) is 16.5 Å². The number of rotatable bonds is 9. The van der Waals surface area contributed by atoms with Crippen LogP contribution in [0.1, 0.15) is 24.1 Å². The molecule has 1 N–H and O–H groups in total. The number of piperidine rings is 1. The van der Waals surface area contributed by atoms with Crippen LogP contribution in [0.15, 0.2) is 34.7 Å². The smallest absolute Gasteiger partial charge is 0.252 e. The van der Waals surface area contributed by atoms with Gasteiger partial charge in [0.1, 0.15) is 16.5 Å². The van der Waals surface area contributed by atoms with Crippen LogP contribution < -0.4 is 10.1 Å². The molecule has 0 bridgehead atoms. The maximum absolute atomic E-state index is 12.7. The molecular formula is C19H25N3O5S2. The van der Waals surface area contributed by atoms with Crippen LogP contribution in [0.5, 0.6) is 5.88 Å². The third kappa shape index (κ3) is 5.75. The van der Waals surface area contributed by atoms with E-state index >= 15 is 0 Å². The molecule has 0 spiro atoms. The number of amides is 1. The van der Waals surface area contributed by atoms with Gasteiger partial charge in [-0.25, -0.2) is 13.4 Å². The van der Waals surface area contributed by atoms with E-state index in [4.69, 9.17) is 9.47 Å². The Morgan fingerprint density at radius 2 is 2.00 bits per heavy atom. The van der Waals surface area contributed by atoms with Gasteiger partial charge in [0.25, 0.3) is 10.0 Å². The van der Waals surface area contributed by atoms with E-state index in [1.165, 1.54) is 4.31 Å². The summed E-state index contributed by atoms with van der Waals surface area (Å²) in [4.78, 5) is 17.3. The highest BCUT2D eigenvalue weighted by Gasteiger charge is 2.27. The molecular weight excluding hydrogens is 414 g/mol. The summed E-state index contributed by atoms with van der Waals surface area (Å²) in [7, 11) is -1.90. The van der Waals surface area contributed by atoms with Crippen molar-refractivity contribution in [1.29, 1.82) is 0 Å². The summed E-state index contributed by atoms with van der Waals surface area (Å²) in [5.74, 6) is 0.0517. The maximum atomic E-state index is 12.7. The minimum Gasteiger partial charge on any atom is -0.474 e. The van der Waals surface area contributed by atoms with Crippen molar-refractivity contribution in [1.82, 2.24) is 9.29 Å². The van der Waals surface area contributed by atoms with Crippen LogP contribution in [0, 0.1) is 0 Å². The van der Waals surface area contributed by atoms with Crippen molar-refractivity contribution in [2.75, 3.05) is 38.7 Å². The van der Waals surface area contributed by atoms with Gasteiger partial charge in [-0.15, -0.1) is 11.3 Å². The fourth-order valence-electron chi connectivity index (χ4n) is 3.00. The fraction of sp³-hybridized carbons (Fsp3) is 0.474. The molecule has 0 unspecified atom stereocenters. The molecule has 0 atom stereocenters. The van der Waals surface area contributed by atoms with E-state index in [0.29, 0.717) is 42.7 Å². The normalized spacial score (nSPS) is 15.2. The number of carbonyl (C=O) groups excluding carboxylic acids is 1. The summed E-state index contributed by atoms with van der Waals surface area (Å²) in [5.41, 5.74) is 0.464. The first kappa shape index (κ1) is 21.7. The van der Waals surface area contributed by atoms with Gasteiger partial charge in [-0.1, -0.05) is 6.42 Å². The second-order valence-electron chi connectivity index (χ2n) is 6.61. The molecule has 1 aliphatic heterocycles. The van der Waals surface area contributed by atoms with Crippen molar-refractivity contribution < 1.29 is 22.7 Å². The Bertz CT molecular complexity index is 923. The standard InChI is InChI=1S/C19H25N3O5S2/c1-26-12-13-27-19-16(6-5-9-20-19)21-17(23)14-15-7-8-18(28-15)29(24,25)22-10-3-2-4-11-22/h5-9H,2-4,10-14H2,1H3,(H,21,23). The molecule has 1 amide bonds. The van der Waals surface area contributed by atoms with Gasteiger partial charge in [0.05, 0.1) is 13.0 Å². The number of carbonyl (C=O) groups is 1. The molecule has 2 aromatic heterocycles. The predicted octanol–water partition coefficient (Wildman–Crippen LogP) is 2.52. The molecule has 1 aliphatic rings. The Morgan fingerprint density at radius 1 is 1.21 bits per heavy atom. The first-order valence-corrected chi connectivity index (χ1v) is 11.7. The average molecular weight is 440 g/mol. The SMILES string of the molecule is COCCOc1ncccc1NC(=O)Cc1ccc(S(=O)(=O)N2CCCCC2)s1. The number of hydrogen-bond donors (Lipinski definition) is 1. The molecule has 158 valence electrons. The van der Waals surface area contributed by atoms with Crippen LogP contribution in [-0.4, -0.2) is 57.0 Å². The summed E-state index contributed by atoms with van der Waals surface area (Å²) in [6, 6.07) is 6.68. The number of ether oxygens (including phenoxy) is 2. The first-order chi connectivity index (χ1) is 14.0. The van der Waals surface area contributed by atoms with Crippen molar-refractivity contribution in [2.45, 2.75) is 29.9 Å². The van der Waals surface area contributed by atoms with Crippen molar-refractivity contribution in [2.24, 2.45) is 0 Å². The number of thiophene rings is 1. The summed E-state index contributed by atoms with van der Waals surface area (Å²) in [6.45, 7) is 1.85. The summed E-state index contributed by atoms with van der Waals surface area (Å²) in [6.07, 6.45) is 4.49. The van der Waals surface area contributed by atoms with Crippen LogP contribution in [0.3, 0.4) is 0 Å². The predicted molar refractivity (Wildman–Crippen MR) is 111 cm³/mol. The molecule has 1 saturated heterocycles.